The minimum Gasteiger partial charge on any atom is -0.747 e. The molecule has 102 valence electrons. The SMILES string of the molecule is C.CN(C)C(=O)CC(C(=O)N(C)C)S(=O)(=O)[O-]. The number of hydrogen-bond acceptors (Lipinski definition) is 5. The molecule has 0 rings (SSSR count). The predicted octanol–water partition coefficient (Wildman–Crippen LogP) is -0.897. The smallest absolute Gasteiger partial charge is 0.239 e. The van der Waals surface area contributed by atoms with Crippen LogP contribution in [0.2, 0.25) is 0 Å². The lowest BCUT2D eigenvalue weighted by Crippen LogP contribution is -2.42. The molecule has 0 fully saturated rings. The third-order valence-corrected chi connectivity index (χ3v) is 2.99. The van der Waals surface area contributed by atoms with Gasteiger partial charge < -0.3 is 14.4 Å². The highest BCUT2D eigenvalue weighted by Crippen LogP contribution is 2.08. The molecule has 0 aromatic heterocycles. The normalized spacial score (nSPS) is 12.3. The van der Waals surface area contributed by atoms with Gasteiger partial charge in [0.05, 0.1) is 6.42 Å². The summed E-state index contributed by atoms with van der Waals surface area (Å²) >= 11 is 0. The van der Waals surface area contributed by atoms with Crippen molar-refractivity contribution >= 4 is 21.9 Å². The van der Waals surface area contributed by atoms with Crippen LogP contribution in [0.5, 0.6) is 0 Å². The van der Waals surface area contributed by atoms with Crippen molar-refractivity contribution in [1.29, 1.82) is 0 Å². The lowest BCUT2D eigenvalue weighted by Gasteiger charge is -2.23. The molecule has 0 heterocycles. The molecule has 0 aliphatic heterocycles. The van der Waals surface area contributed by atoms with Crippen LogP contribution in [-0.2, 0) is 19.7 Å². The van der Waals surface area contributed by atoms with Crippen LogP contribution < -0.4 is 0 Å². The van der Waals surface area contributed by atoms with Gasteiger partial charge in [0.25, 0.3) is 0 Å². The number of amides is 2. The Bertz CT molecular complexity index is 375. The van der Waals surface area contributed by atoms with Crippen molar-refractivity contribution in [3.05, 3.63) is 0 Å². The Balaban J connectivity index is 0. The maximum Gasteiger partial charge on any atom is 0.239 e. The summed E-state index contributed by atoms with van der Waals surface area (Å²) in [5, 5.41) is -1.85. The largest absolute Gasteiger partial charge is 0.747 e. The predicted molar refractivity (Wildman–Crippen MR) is 62.2 cm³/mol. The van der Waals surface area contributed by atoms with E-state index in [2.05, 4.69) is 0 Å². The van der Waals surface area contributed by atoms with Crippen LogP contribution in [0.4, 0.5) is 0 Å². The van der Waals surface area contributed by atoms with Gasteiger partial charge >= 0.3 is 0 Å². The number of carbonyl (C=O) groups excluding carboxylic acids is 2. The van der Waals surface area contributed by atoms with E-state index in [-0.39, 0.29) is 7.43 Å². The molecule has 0 saturated carbocycles. The van der Waals surface area contributed by atoms with Gasteiger partial charge in [0.1, 0.15) is 15.4 Å². The number of hydrogen-bond donors (Lipinski definition) is 0. The van der Waals surface area contributed by atoms with Crippen molar-refractivity contribution in [3.63, 3.8) is 0 Å². The van der Waals surface area contributed by atoms with Gasteiger partial charge in [0.2, 0.25) is 11.8 Å². The van der Waals surface area contributed by atoms with Crippen LogP contribution in [0.3, 0.4) is 0 Å². The Morgan fingerprint density at radius 1 is 1.12 bits per heavy atom. The van der Waals surface area contributed by atoms with E-state index in [0.717, 1.165) is 9.80 Å². The fraction of sp³-hybridized carbons (Fsp3) is 0.778. The number of carbonyl (C=O) groups is 2. The lowest BCUT2D eigenvalue weighted by atomic mass is 10.2. The zero-order valence-electron chi connectivity index (χ0n) is 9.63. The minimum absolute atomic E-state index is 0. The van der Waals surface area contributed by atoms with Gasteiger partial charge in [-0.25, -0.2) is 8.42 Å². The first-order valence-electron chi connectivity index (χ1n) is 4.43. The first-order valence-corrected chi connectivity index (χ1v) is 5.90. The molecule has 1 atom stereocenters. The van der Waals surface area contributed by atoms with Crippen LogP contribution in [0.25, 0.3) is 0 Å². The summed E-state index contributed by atoms with van der Waals surface area (Å²) in [6, 6.07) is 0. The van der Waals surface area contributed by atoms with E-state index in [1.165, 1.54) is 28.2 Å². The summed E-state index contributed by atoms with van der Waals surface area (Å²) in [4.78, 5) is 24.8. The average molecular weight is 267 g/mol. The maximum atomic E-state index is 11.4. The van der Waals surface area contributed by atoms with Crippen LogP contribution in [0.1, 0.15) is 13.8 Å². The third kappa shape index (κ3) is 5.64. The van der Waals surface area contributed by atoms with Crippen molar-refractivity contribution in [2.75, 3.05) is 28.2 Å². The first-order chi connectivity index (χ1) is 7.07. The highest BCUT2D eigenvalue weighted by Gasteiger charge is 2.29. The van der Waals surface area contributed by atoms with Crippen molar-refractivity contribution in [1.82, 2.24) is 9.80 Å². The highest BCUT2D eigenvalue weighted by molar-refractivity contribution is 7.87. The first kappa shape index (κ1) is 18.2. The molecule has 0 aliphatic rings. The van der Waals surface area contributed by atoms with E-state index in [4.69, 9.17) is 0 Å². The van der Waals surface area contributed by atoms with Crippen molar-refractivity contribution in [3.8, 4) is 0 Å². The number of nitrogens with zero attached hydrogens (tertiary/aromatic N) is 2. The van der Waals surface area contributed by atoms with Crippen molar-refractivity contribution in [2.24, 2.45) is 0 Å². The molecule has 0 spiro atoms. The zero-order valence-corrected chi connectivity index (χ0v) is 10.4. The van der Waals surface area contributed by atoms with Crippen LogP contribution in [-0.4, -0.2) is 68.0 Å². The molecule has 17 heavy (non-hydrogen) atoms. The van der Waals surface area contributed by atoms with Gasteiger partial charge in [-0.05, 0) is 0 Å². The van der Waals surface area contributed by atoms with Gasteiger partial charge in [0.15, 0.2) is 0 Å². The second-order valence-corrected chi connectivity index (χ2v) is 5.26. The summed E-state index contributed by atoms with van der Waals surface area (Å²) in [6.45, 7) is 0. The number of rotatable bonds is 4. The quantitative estimate of drug-likeness (QED) is 0.615. The summed E-state index contributed by atoms with van der Waals surface area (Å²) in [5.74, 6) is -1.47. The van der Waals surface area contributed by atoms with Gasteiger partial charge in [0, 0.05) is 28.2 Å². The van der Waals surface area contributed by atoms with Gasteiger partial charge in [-0.2, -0.15) is 0 Å². The topological polar surface area (TPSA) is 97.8 Å². The van der Waals surface area contributed by atoms with E-state index < -0.39 is 33.6 Å². The van der Waals surface area contributed by atoms with E-state index in [9.17, 15) is 22.6 Å². The van der Waals surface area contributed by atoms with Gasteiger partial charge in [-0.1, -0.05) is 7.43 Å². The van der Waals surface area contributed by atoms with Gasteiger partial charge in [-0.15, -0.1) is 0 Å². The van der Waals surface area contributed by atoms with Crippen molar-refractivity contribution in [2.45, 2.75) is 19.1 Å². The summed E-state index contributed by atoms with van der Waals surface area (Å²) in [6.07, 6.45) is -0.629. The molecule has 0 saturated heterocycles. The standard InChI is InChI=1S/C8H16N2O5S.CH4/c1-9(2)7(11)5-6(16(13,14)15)8(12)10(3)4;/h6H,5H2,1-4H3,(H,13,14,15);1H4/p-1. The Kier molecular flexibility index (Phi) is 7.02. The molecule has 0 aromatic rings. The molecule has 0 bridgehead atoms. The lowest BCUT2D eigenvalue weighted by molar-refractivity contribution is -0.134. The van der Waals surface area contributed by atoms with Crippen LogP contribution in [0.15, 0.2) is 0 Å². The fourth-order valence-corrected chi connectivity index (χ4v) is 1.75. The molecule has 0 aromatic carbocycles. The molecule has 7 nitrogen and oxygen atoms in total. The second kappa shape index (κ2) is 6.55. The van der Waals surface area contributed by atoms with Gasteiger partial charge in [-0.3, -0.25) is 9.59 Å². The average Bonchev–Trinajstić information content (AvgIpc) is 2.10. The molecule has 0 N–H and O–H groups in total. The van der Waals surface area contributed by atoms with E-state index in [1.807, 2.05) is 0 Å². The summed E-state index contributed by atoms with van der Waals surface area (Å²) < 4.78 is 32.6. The summed E-state index contributed by atoms with van der Waals surface area (Å²) in [5.41, 5.74) is 0. The highest BCUT2D eigenvalue weighted by atomic mass is 32.2. The van der Waals surface area contributed by atoms with E-state index >= 15 is 0 Å². The molecular formula is C9H19N2O5S-. The van der Waals surface area contributed by atoms with Crippen molar-refractivity contribution < 1.29 is 22.6 Å². The molecule has 2 amide bonds. The Morgan fingerprint density at radius 3 is 1.76 bits per heavy atom. The molecule has 0 radical (unpaired) electrons. The third-order valence-electron chi connectivity index (χ3n) is 1.92. The molecule has 1 unspecified atom stereocenters. The minimum atomic E-state index is -4.83. The van der Waals surface area contributed by atoms with Crippen LogP contribution >= 0.6 is 0 Å². The second-order valence-electron chi connectivity index (χ2n) is 3.71. The van der Waals surface area contributed by atoms with E-state index in [0.29, 0.717) is 0 Å². The van der Waals surface area contributed by atoms with Crippen LogP contribution in [0, 0.1) is 0 Å². The monoisotopic (exact) mass is 267 g/mol. The maximum absolute atomic E-state index is 11.4. The Morgan fingerprint density at radius 2 is 1.53 bits per heavy atom. The molecular weight excluding hydrogens is 248 g/mol. The molecule has 0 aliphatic carbocycles. The fourth-order valence-electron chi connectivity index (χ4n) is 0.942. The Hall–Kier alpha value is -1.15. The Labute approximate surface area is 102 Å². The zero-order chi connectivity index (χ0) is 13.1. The van der Waals surface area contributed by atoms with E-state index in [1.54, 1.807) is 0 Å². The molecule has 8 heteroatoms. The summed E-state index contributed by atoms with van der Waals surface area (Å²) in [7, 11) is 0.641.